The van der Waals surface area contributed by atoms with Crippen molar-refractivity contribution in [3.8, 4) is 0 Å². The van der Waals surface area contributed by atoms with Gasteiger partial charge in [0.15, 0.2) is 0 Å². The van der Waals surface area contributed by atoms with Crippen molar-refractivity contribution in [3.05, 3.63) is 0 Å². The standard InChI is InChI=1S/CH4.6K.6H/h1H4;;;;;;;;;;;;/q;6*+1;6*-1. The maximum absolute atomic E-state index is 0. The second-order valence-electron chi connectivity index (χ2n) is 0. The Bertz CT molecular complexity index is 17.1. The first-order chi connectivity index (χ1) is 0. The molecule has 0 aromatic carbocycles. The molecule has 0 aliphatic carbocycles. The predicted molar refractivity (Wildman–Crippen MR) is 13.4 cm³/mol. The first-order valence-corrected chi connectivity index (χ1v) is 0. The Balaban J connectivity index is 0. The van der Waals surface area contributed by atoms with Crippen LogP contribution in [0.3, 0.4) is 0 Å². The summed E-state index contributed by atoms with van der Waals surface area (Å²) in [5.41, 5.74) is 0. The van der Waals surface area contributed by atoms with Crippen LogP contribution in [0.1, 0.15) is 16.0 Å². The Morgan fingerprint density at radius 1 is 0.429 bits per heavy atom. The van der Waals surface area contributed by atoms with E-state index < -0.39 is 0 Å². The Hall–Kier alpha value is 9.82. The minimum absolute atomic E-state index is 0. The van der Waals surface area contributed by atoms with Crippen LogP contribution in [0, 0.1) is 0 Å². The van der Waals surface area contributed by atoms with Crippen molar-refractivity contribution in [2.24, 2.45) is 0 Å². The maximum Gasteiger partial charge on any atom is 1.00 e. The summed E-state index contributed by atoms with van der Waals surface area (Å²) < 4.78 is 0. The summed E-state index contributed by atoms with van der Waals surface area (Å²) in [7, 11) is 0. The van der Waals surface area contributed by atoms with Gasteiger partial charge >= 0.3 is 308 Å². The molecule has 7 heavy (non-hydrogen) atoms. The van der Waals surface area contributed by atoms with Crippen LogP contribution >= 0.6 is 0 Å². The molecule has 0 aromatic heterocycles. The van der Waals surface area contributed by atoms with Gasteiger partial charge in [0.05, 0.1) is 0 Å². The summed E-state index contributed by atoms with van der Waals surface area (Å²) in [6, 6.07) is 0. The van der Waals surface area contributed by atoms with E-state index in [4.69, 9.17) is 0 Å². The molecule has 0 radical (unpaired) electrons. The summed E-state index contributed by atoms with van der Waals surface area (Å²) in [5, 5.41) is 0. The summed E-state index contributed by atoms with van der Waals surface area (Å²) in [6.45, 7) is 0. The molecule has 0 N–H and O–H groups in total. The molecular weight excluding hydrogens is 247 g/mol. The van der Waals surface area contributed by atoms with Gasteiger partial charge in [-0.15, -0.1) is 0 Å². The van der Waals surface area contributed by atoms with Crippen LogP contribution in [0.4, 0.5) is 0 Å². The average molecular weight is 257 g/mol. The van der Waals surface area contributed by atoms with Gasteiger partial charge in [-0.3, -0.25) is 0 Å². The SMILES string of the molecule is C.[H-].[H-].[H-].[H-].[H-].[H-].[K+].[K+].[K+].[K+].[K+].[K+]. The Kier molecular flexibility index (Phi) is 225. The van der Waals surface area contributed by atoms with E-state index >= 15 is 0 Å². The van der Waals surface area contributed by atoms with Gasteiger partial charge in [0.1, 0.15) is 0 Å². The third-order valence-corrected chi connectivity index (χ3v) is 0. The molecule has 6 heteroatoms. The predicted octanol–water partition coefficient (Wildman–Crippen LogP) is -16.7. The minimum Gasteiger partial charge on any atom is -1.00 e. The Morgan fingerprint density at radius 2 is 0.429 bits per heavy atom. The molecule has 0 bridgehead atoms. The third-order valence-electron chi connectivity index (χ3n) is 0. The Labute approximate surface area is 311 Å². The fraction of sp³-hybridized carbons (Fsp3) is 1.00. The quantitative estimate of drug-likeness (QED) is 0.378. The van der Waals surface area contributed by atoms with Gasteiger partial charge in [-0.05, 0) is 0 Å². The fourth-order valence-corrected chi connectivity index (χ4v) is 0. The summed E-state index contributed by atoms with van der Waals surface area (Å²) in [5.74, 6) is 0. The van der Waals surface area contributed by atoms with Crippen molar-refractivity contribution >= 4 is 0 Å². The zero-order chi connectivity index (χ0) is 0. The van der Waals surface area contributed by atoms with Crippen LogP contribution < -0.4 is 308 Å². The Morgan fingerprint density at radius 3 is 0.429 bits per heavy atom. The van der Waals surface area contributed by atoms with E-state index in [2.05, 4.69) is 0 Å². The molecule has 0 aromatic rings. The molecule has 0 saturated heterocycles. The van der Waals surface area contributed by atoms with Crippen molar-refractivity contribution in [1.29, 1.82) is 0 Å². The van der Waals surface area contributed by atoms with Crippen LogP contribution in [0.5, 0.6) is 0 Å². The molecule has 0 saturated carbocycles. The molecule has 0 spiro atoms. The van der Waals surface area contributed by atoms with Crippen LogP contribution in [-0.2, 0) is 0 Å². The van der Waals surface area contributed by atoms with Crippen LogP contribution in [-0.4, -0.2) is 0 Å². The summed E-state index contributed by atoms with van der Waals surface area (Å²) >= 11 is 0. The largest absolute Gasteiger partial charge is 1.00 e. The maximum atomic E-state index is 0. The third kappa shape index (κ3) is 31.3. The molecule has 20 valence electrons. The van der Waals surface area contributed by atoms with E-state index in [1.54, 1.807) is 0 Å². The van der Waals surface area contributed by atoms with Gasteiger partial charge in [-0.25, -0.2) is 0 Å². The van der Waals surface area contributed by atoms with Gasteiger partial charge in [0.2, 0.25) is 0 Å². The van der Waals surface area contributed by atoms with Crippen molar-refractivity contribution in [2.45, 2.75) is 7.43 Å². The van der Waals surface area contributed by atoms with Crippen molar-refractivity contribution in [3.63, 3.8) is 0 Å². The van der Waals surface area contributed by atoms with Gasteiger partial charge in [-0.1, -0.05) is 7.43 Å². The average Bonchev–Trinajstić information content (AvgIpc) is 0. The molecule has 0 heterocycles. The van der Waals surface area contributed by atoms with Crippen LogP contribution in [0.25, 0.3) is 0 Å². The molecule has 0 fully saturated rings. The molecule has 0 rings (SSSR count). The second-order valence-corrected chi connectivity index (χ2v) is 0. The second kappa shape index (κ2) is 36.0. The van der Waals surface area contributed by atoms with E-state index in [1.807, 2.05) is 0 Å². The molecule has 0 amide bonds. The van der Waals surface area contributed by atoms with Crippen molar-refractivity contribution in [1.82, 2.24) is 0 Å². The normalized spacial score (nSPS) is 0. The van der Waals surface area contributed by atoms with Gasteiger partial charge < -0.3 is 8.56 Å². The fourth-order valence-electron chi connectivity index (χ4n) is 0. The van der Waals surface area contributed by atoms with Gasteiger partial charge in [0.25, 0.3) is 0 Å². The number of rotatable bonds is 0. The topological polar surface area (TPSA) is 0 Å². The summed E-state index contributed by atoms with van der Waals surface area (Å²) in [6.07, 6.45) is 0. The van der Waals surface area contributed by atoms with Crippen LogP contribution in [0.2, 0.25) is 0 Å². The van der Waals surface area contributed by atoms with Crippen molar-refractivity contribution < 1.29 is 317 Å². The molecule has 0 atom stereocenters. The number of hydrogen-bond donors (Lipinski definition) is 0. The first-order valence-electron chi connectivity index (χ1n) is 0. The van der Waals surface area contributed by atoms with E-state index in [-0.39, 0.29) is 324 Å². The van der Waals surface area contributed by atoms with E-state index in [1.165, 1.54) is 0 Å². The molecule has 0 unspecified atom stereocenters. The smallest absolute Gasteiger partial charge is 1.00 e. The van der Waals surface area contributed by atoms with E-state index in [0.717, 1.165) is 0 Å². The van der Waals surface area contributed by atoms with E-state index in [9.17, 15) is 0 Å². The van der Waals surface area contributed by atoms with E-state index in [0.29, 0.717) is 0 Å². The molecule has 0 aliphatic heterocycles. The van der Waals surface area contributed by atoms with Crippen molar-refractivity contribution in [2.75, 3.05) is 0 Å². The van der Waals surface area contributed by atoms with Gasteiger partial charge in [0, 0.05) is 0 Å². The van der Waals surface area contributed by atoms with Crippen LogP contribution in [0.15, 0.2) is 0 Å². The molecular formula is CH10K6. The molecule has 0 aliphatic rings. The monoisotopic (exact) mass is 256 g/mol. The molecule has 0 nitrogen and oxygen atoms in total. The summed E-state index contributed by atoms with van der Waals surface area (Å²) in [4.78, 5) is 0. The minimum atomic E-state index is 0. The van der Waals surface area contributed by atoms with Gasteiger partial charge in [-0.2, -0.15) is 0 Å². The zero-order valence-electron chi connectivity index (χ0n) is 12.0. The zero-order valence-corrected chi connectivity index (χ0v) is 24.7. The number of hydrogen-bond acceptors (Lipinski definition) is 0. The first kappa shape index (κ1) is 43.7.